The minimum Gasteiger partial charge on any atom is -0.466 e. The Morgan fingerprint density at radius 1 is 1.40 bits per heavy atom. The third-order valence-electron chi connectivity index (χ3n) is 3.61. The van der Waals surface area contributed by atoms with Crippen LogP contribution in [0.4, 0.5) is 0 Å². The molecule has 0 saturated carbocycles. The molecule has 0 radical (unpaired) electrons. The number of hydrogen-bond donors (Lipinski definition) is 0. The number of nitrogens with zero attached hydrogens (tertiary/aromatic N) is 1. The van der Waals surface area contributed by atoms with E-state index in [9.17, 15) is 4.79 Å². The Kier molecular flexibility index (Phi) is 4.33. The van der Waals surface area contributed by atoms with Crippen LogP contribution < -0.4 is 0 Å². The second-order valence-corrected chi connectivity index (χ2v) is 4.93. The first kappa shape index (κ1) is 14.0. The van der Waals surface area contributed by atoms with Gasteiger partial charge in [-0.2, -0.15) is 5.26 Å². The van der Waals surface area contributed by atoms with Gasteiger partial charge in [-0.15, -0.1) is 0 Å². The maximum absolute atomic E-state index is 11.6. The molecule has 0 aromatic heterocycles. The lowest BCUT2D eigenvalue weighted by Crippen LogP contribution is -2.41. The van der Waals surface area contributed by atoms with E-state index in [-0.39, 0.29) is 11.9 Å². The molecule has 3 heteroatoms. The lowest BCUT2D eigenvalue weighted by atomic mass is 9.62. The summed E-state index contributed by atoms with van der Waals surface area (Å²) in [5.41, 5.74) is -0.965. The van der Waals surface area contributed by atoms with Gasteiger partial charge in [0, 0.05) is 0 Å². The second kappa shape index (κ2) is 4.65. The van der Waals surface area contributed by atoms with Crippen molar-refractivity contribution in [2.45, 2.75) is 41.5 Å². The lowest BCUT2D eigenvalue weighted by molar-refractivity contribution is -0.153. The molecule has 0 aromatic carbocycles. The zero-order valence-electron chi connectivity index (χ0n) is 10.5. The highest BCUT2D eigenvalue weighted by Crippen LogP contribution is 2.44. The lowest BCUT2D eigenvalue weighted by Gasteiger charge is -2.39. The van der Waals surface area contributed by atoms with Crippen molar-refractivity contribution in [3.8, 4) is 6.07 Å². The van der Waals surface area contributed by atoms with E-state index in [1.54, 1.807) is 6.92 Å². The van der Waals surface area contributed by atoms with Crippen LogP contribution in [0.5, 0.6) is 0 Å². The zero-order valence-corrected chi connectivity index (χ0v) is 10.5. The Labute approximate surface area is 92.4 Å². The van der Waals surface area contributed by atoms with Crippen molar-refractivity contribution >= 4 is 5.97 Å². The van der Waals surface area contributed by atoms with Crippen LogP contribution >= 0.6 is 0 Å². The molecule has 0 N–H and O–H groups in total. The van der Waals surface area contributed by atoms with Gasteiger partial charge in [-0.25, -0.2) is 0 Å². The van der Waals surface area contributed by atoms with Crippen molar-refractivity contribution in [1.82, 2.24) is 0 Å². The monoisotopic (exact) mass is 211 g/mol. The van der Waals surface area contributed by atoms with Crippen molar-refractivity contribution in [2.24, 2.45) is 16.7 Å². The number of rotatable bonds is 4. The fourth-order valence-electron chi connectivity index (χ4n) is 1.25. The average Bonchev–Trinajstić information content (AvgIpc) is 2.16. The molecule has 0 rings (SSSR count). The molecule has 0 spiro atoms. The van der Waals surface area contributed by atoms with Crippen LogP contribution in [-0.4, -0.2) is 12.6 Å². The maximum Gasteiger partial charge on any atom is 0.309 e. The number of nitriles is 1. The molecule has 1 atom stereocenters. The van der Waals surface area contributed by atoms with E-state index in [4.69, 9.17) is 10.00 Å². The molecule has 3 nitrogen and oxygen atoms in total. The number of hydrogen-bond acceptors (Lipinski definition) is 3. The molecular weight excluding hydrogens is 190 g/mol. The Hall–Kier alpha value is -1.04. The summed E-state index contributed by atoms with van der Waals surface area (Å²) in [5, 5.41) is 9.09. The quantitative estimate of drug-likeness (QED) is 0.672. The van der Waals surface area contributed by atoms with Gasteiger partial charge in [0.05, 0.1) is 24.0 Å². The van der Waals surface area contributed by atoms with E-state index in [0.29, 0.717) is 6.61 Å². The Bertz CT molecular complexity index is 274. The van der Waals surface area contributed by atoms with Crippen molar-refractivity contribution in [1.29, 1.82) is 5.26 Å². The summed E-state index contributed by atoms with van der Waals surface area (Å²) in [6.45, 7) is 11.5. The predicted octanol–water partition coefficient (Wildman–Crippen LogP) is 2.76. The first-order chi connectivity index (χ1) is 6.70. The summed E-state index contributed by atoms with van der Waals surface area (Å²) in [4.78, 5) is 11.6. The first-order valence-corrected chi connectivity index (χ1v) is 5.28. The predicted molar refractivity (Wildman–Crippen MR) is 59.0 cm³/mol. The third kappa shape index (κ3) is 2.71. The van der Waals surface area contributed by atoms with Crippen molar-refractivity contribution in [2.75, 3.05) is 6.61 Å². The molecule has 0 aliphatic rings. The smallest absolute Gasteiger partial charge is 0.309 e. The highest BCUT2D eigenvalue weighted by molar-refractivity contribution is 5.73. The highest BCUT2D eigenvalue weighted by Gasteiger charge is 2.45. The summed E-state index contributed by atoms with van der Waals surface area (Å²) in [6, 6.07) is 2.25. The van der Waals surface area contributed by atoms with Gasteiger partial charge in [-0.3, -0.25) is 4.79 Å². The van der Waals surface area contributed by atoms with Gasteiger partial charge >= 0.3 is 5.97 Å². The Morgan fingerprint density at radius 3 is 2.20 bits per heavy atom. The van der Waals surface area contributed by atoms with E-state index < -0.39 is 10.8 Å². The van der Waals surface area contributed by atoms with Crippen LogP contribution in [0.1, 0.15) is 41.5 Å². The van der Waals surface area contributed by atoms with Crippen LogP contribution in [0.2, 0.25) is 0 Å². The number of carbonyl (C=O) groups excluding carboxylic acids is 1. The van der Waals surface area contributed by atoms with E-state index in [1.165, 1.54) is 0 Å². The molecule has 0 saturated heterocycles. The van der Waals surface area contributed by atoms with Crippen LogP contribution in [-0.2, 0) is 9.53 Å². The molecule has 0 fully saturated rings. The summed E-state index contributed by atoms with van der Waals surface area (Å²) < 4.78 is 4.98. The molecule has 0 aliphatic heterocycles. The fourth-order valence-corrected chi connectivity index (χ4v) is 1.25. The third-order valence-corrected chi connectivity index (χ3v) is 3.61. The largest absolute Gasteiger partial charge is 0.466 e. The van der Waals surface area contributed by atoms with Gasteiger partial charge in [0.1, 0.15) is 0 Å². The fraction of sp³-hybridized carbons (Fsp3) is 0.833. The zero-order chi connectivity index (χ0) is 12.3. The molecule has 15 heavy (non-hydrogen) atoms. The molecule has 0 heterocycles. The van der Waals surface area contributed by atoms with Crippen LogP contribution in [0, 0.1) is 28.1 Å². The summed E-state index contributed by atoms with van der Waals surface area (Å²) in [7, 11) is 0. The summed E-state index contributed by atoms with van der Waals surface area (Å²) in [6.07, 6.45) is 0. The van der Waals surface area contributed by atoms with E-state index >= 15 is 0 Å². The summed E-state index contributed by atoms with van der Waals surface area (Å²) in [5.74, 6) is -0.516. The van der Waals surface area contributed by atoms with Crippen molar-refractivity contribution < 1.29 is 9.53 Å². The van der Waals surface area contributed by atoms with Gasteiger partial charge < -0.3 is 4.74 Å². The average molecular weight is 211 g/mol. The molecule has 86 valence electrons. The normalized spacial score (nSPS) is 14.2. The standard InChI is InChI=1S/C12H21NO2/c1-7-15-10(14)9(2)12(5,6)11(3,4)8-13/h9H,7H2,1-6H3. The van der Waals surface area contributed by atoms with Gasteiger partial charge in [-0.05, 0) is 26.2 Å². The van der Waals surface area contributed by atoms with Crippen LogP contribution in [0.25, 0.3) is 0 Å². The molecule has 0 aliphatic carbocycles. The van der Waals surface area contributed by atoms with Crippen LogP contribution in [0.3, 0.4) is 0 Å². The molecule has 0 aromatic rings. The number of esters is 1. The van der Waals surface area contributed by atoms with Gasteiger partial charge in [0.2, 0.25) is 0 Å². The minimum atomic E-state index is -0.556. The summed E-state index contributed by atoms with van der Waals surface area (Å²) >= 11 is 0. The first-order valence-electron chi connectivity index (χ1n) is 5.28. The highest BCUT2D eigenvalue weighted by atomic mass is 16.5. The molecule has 1 unspecified atom stereocenters. The topological polar surface area (TPSA) is 50.1 Å². The SMILES string of the molecule is CCOC(=O)C(C)C(C)(C)C(C)(C)C#N. The van der Waals surface area contributed by atoms with Crippen LogP contribution in [0.15, 0.2) is 0 Å². The van der Waals surface area contributed by atoms with Crippen molar-refractivity contribution in [3.63, 3.8) is 0 Å². The Balaban J connectivity index is 4.89. The second-order valence-electron chi connectivity index (χ2n) is 4.93. The molecule has 0 bridgehead atoms. The van der Waals surface area contributed by atoms with E-state index in [1.807, 2.05) is 34.6 Å². The van der Waals surface area contributed by atoms with E-state index in [2.05, 4.69) is 6.07 Å². The van der Waals surface area contributed by atoms with Crippen molar-refractivity contribution in [3.05, 3.63) is 0 Å². The van der Waals surface area contributed by atoms with Gasteiger partial charge in [0.25, 0.3) is 0 Å². The Morgan fingerprint density at radius 2 is 1.87 bits per heavy atom. The van der Waals surface area contributed by atoms with E-state index in [0.717, 1.165) is 0 Å². The number of carbonyl (C=O) groups is 1. The van der Waals surface area contributed by atoms with Gasteiger partial charge in [-0.1, -0.05) is 20.8 Å². The minimum absolute atomic E-state index is 0.231. The number of ether oxygens (including phenoxy) is 1. The van der Waals surface area contributed by atoms with Gasteiger partial charge in [0.15, 0.2) is 0 Å². The maximum atomic E-state index is 11.6. The molecular formula is C12H21NO2. The molecule has 0 amide bonds.